The molecular weight excluding hydrogens is 578 g/mol. The van der Waals surface area contributed by atoms with Crippen molar-refractivity contribution in [3.8, 4) is 11.5 Å². The number of aliphatic imine (C=N–C) groups is 1. The van der Waals surface area contributed by atoms with E-state index in [0.717, 1.165) is 36.8 Å². The molecule has 0 aliphatic rings. The summed E-state index contributed by atoms with van der Waals surface area (Å²) >= 11 is 0. The number of benzene rings is 2. The highest BCUT2D eigenvalue weighted by molar-refractivity contribution is 7.91. The van der Waals surface area contributed by atoms with Crippen LogP contribution >= 0.6 is 0 Å². The molecule has 0 aliphatic carbocycles. The first-order chi connectivity index (χ1) is 17.6. The Morgan fingerprint density at radius 1 is 0.795 bits per heavy atom. The Morgan fingerprint density at radius 2 is 1.15 bits per heavy atom. The summed E-state index contributed by atoms with van der Waals surface area (Å²) in [6.07, 6.45) is 1.58. The average Bonchev–Trinajstić information content (AvgIpc) is 2.70. The Bertz CT molecular complexity index is 1510. The van der Waals surface area contributed by atoms with Gasteiger partial charge in [0.25, 0.3) is 5.91 Å². The van der Waals surface area contributed by atoms with Crippen LogP contribution in [0.4, 0.5) is 17.6 Å². The number of sulfone groups is 2. The predicted octanol–water partition coefficient (Wildman–Crippen LogP) is 2.11. The molecule has 0 unspecified atom stereocenters. The summed E-state index contributed by atoms with van der Waals surface area (Å²) in [5, 5.41) is 8.84. The number of alkyl halides is 4. The van der Waals surface area contributed by atoms with Crippen molar-refractivity contribution in [1.82, 2.24) is 0 Å². The van der Waals surface area contributed by atoms with Gasteiger partial charge in [-0.3, -0.25) is 4.79 Å². The molecule has 2 aromatic rings. The average molecular weight is 602 g/mol. The summed E-state index contributed by atoms with van der Waals surface area (Å²) < 4.78 is 103. The van der Waals surface area contributed by atoms with Gasteiger partial charge in [-0.25, -0.2) is 21.6 Å². The van der Waals surface area contributed by atoms with Crippen molar-refractivity contribution in [2.75, 3.05) is 12.5 Å². The quantitative estimate of drug-likeness (QED) is 0.227. The minimum Gasteiger partial charge on any atom is -0.478 e. The Balaban J connectivity index is 0.000000395. The van der Waals surface area contributed by atoms with Gasteiger partial charge in [-0.1, -0.05) is 0 Å². The van der Waals surface area contributed by atoms with E-state index in [2.05, 4.69) is 14.5 Å². The molecule has 2 rings (SSSR count). The third-order valence-corrected chi connectivity index (χ3v) is 6.74. The van der Waals surface area contributed by atoms with Gasteiger partial charge < -0.3 is 26.0 Å². The van der Waals surface area contributed by atoms with Crippen LogP contribution in [0.3, 0.4) is 0 Å². The summed E-state index contributed by atoms with van der Waals surface area (Å²) in [6, 6.07) is 3.69. The number of carbonyl (C=O) groups is 2. The van der Waals surface area contributed by atoms with Crippen LogP contribution < -0.4 is 20.9 Å². The van der Waals surface area contributed by atoms with Gasteiger partial charge in [0.05, 0.1) is 5.56 Å². The normalized spacial score (nSPS) is 11.4. The number of carboxylic acids is 1. The lowest BCUT2D eigenvalue weighted by Crippen LogP contribution is -2.24. The Kier molecular flexibility index (Phi) is 10.8. The second-order valence-electron chi connectivity index (χ2n) is 7.68. The van der Waals surface area contributed by atoms with E-state index < -0.39 is 72.0 Å². The number of carboxylic acid groups (broad SMARTS) is 1. The summed E-state index contributed by atoms with van der Waals surface area (Å²) in [4.78, 5) is 24.7. The Labute approximate surface area is 220 Å². The monoisotopic (exact) mass is 601 g/mol. The molecule has 0 heterocycles. The van der Waals surface area contributed by atoms with Crippen LogP contribution in [0.15, 0.2) is 39.0 Å². The number of guanidine groups is 1. The van der Waals surface area contributed by atoms with E-state index in [4.69, 9.17) is 16.6 Å². The zero-order chi connectivity index (χ0) is 30.5. The Hall–Kier alpha value is -3.93. The summed E-state index contributed by atoms with van der Waals surface area (Å²) in [5.74, 6) is -3.85. The second-order valence-corrected chi connectivity index (χ2v) is 11.6. The van der Waals surface area contributed by atoms with Gasteiger partial charge in [0, 0.05) is 18.1 Å². The van der Waals surface area contributed by atoms with Crippen LogP contribution in [0.1, 0.15) is 31.8 Å². The molecule has 5 N–H and O–H groups in total. The van der Waals surface area contributed by atoms with Gasteiger partial charge in [0.15, 0.2) is 25.6 Å². The van der Waals surface area contributed by atoms with Crippen LogP contribution in [0.25, 0.3) is 0 Å². The number of nitrogens with two attached hydrogens (primary N) is 2. The maximum absolute atomic E-state index is 12.3. The van der Waals surface area contributed by atoms with E-state index in [-0.39, 0.29) is 22.3 Å². The van der Waals surface area contributed by atoms with Crippen molar-refractivity contribution < 1.29 is 58.6 Å². The van der Waals surface area contributed by atoms with Gasteiger partial charge >= 0.3 is 19.2 Å². The highest BCUT2D eigenvalue weighted by atomic mass is 32.2. The molecule has 2 aromatic carbocycles. The zero-order valence-electron chi connectivity index (χ0n) is 20.6. The lowest BCUT2D eigenvalue weighted by atomic mass is 10.1. The number of carbonyl (C=O) groups excluding carboxylic acids is 1. The molecule has 12 nitrogen and oxygen atoms in total. The van der Waals surface area contributed by atoms with Gasteiger partial charge in [-0.2, -0.15) is 22.6 Å². The minimum absolute atomic E-state index is 0.130. The fourth-order valence-electron chi connectivity index (χ4n) is 2.92. The lowest BCUT2D eigenvalue weighted by Gasteiger charge is -2.12. The third-order valence-electron chi connectivity index (χ3n) is 4.50. The molecule has 1 amide bonds. The summed E-state index contributed by atoms with van der Waals surface area (Å²) in [5.41, 5.74) is 10.0. The number of rotatable bonds is 8. The molecule has 0 aliphatic heterocycles. The van der Waals surface area contributed by atoms with Crippen LogP contribution in [0.5, 0.6) is 11.5 Å². The largest absolute Gasteiger partial charge is 0.478 e. The molecule has 0 radical (unpaired) electrons. The summed E-state index contributed by atoms with van der Waals surface area (Å²) in [6.45, 7) is -3.64. The number of halogens is 4. The van der Waals surface area contributed by atoms with Gasteiger partial charge in [-0.05, 0) is 49.2 Å². The number of aryl methyl sites for hydroxylation is 2. The molecule has 0 fully saturated rings. The highest BCUT2D eigenvalue weighted by Gasteiger charge is 2.23. The minimum atomic E-state index is -3.90. The number of aromatic carboxylic acids is 1. The predicted molar refractivity (Wildman–Crippen MR) is 129 cm³/mol. The molecule has 0 spiro atoms. The number of nitrogens with zero attached hydrogens (tertiary/aromatic N) is 1. The van der Waals surface area contributed by atoms with E-state index in [1.54, 1.807) is 0 Å². The molecule has 39 heavy (non-hydrogen) atoms. The first-order valence-electron chi connectivity index (χ1n) is 10.1. The van der Waals surface area contributed by atoms with Crippen molar-refractivity contribution in [2.45, 2.75) is 36.9 Å². The maximum Gasteiger partial charge on any atom is 0.387 e. The lowest BCUT2D eigenvalue weighted by molar-refractivity contribution is -0.0525. The van der Waals surface area contributed by atoms with Gasteiger partial charge in [0.1, 0.15) is 21.3 Å². The van der Waals surface area contributed by atoms with Crippen molar-refractivity contribution in [2.24, 2.45) is 16.5 Å². The molecule has 18 heteroatoms. The molecular formula is C21H23F4N3O9S2. The smallest absolute Gasteiger partial charge is 0.387 e. The molecule has 0 saturated carbocycles. The molecule has 0 saturated heterocycles. The van der Waals surface area contributed by atoms with Crippen LogP contribution in [-0.2, 0) is 19.7 Å². The van der Waals surface area contributed by atoms with Crippen LogP contribution in [-0.4, -0.2) is 65.5 Å². The highest BCUT2D eigenvalue weighted by Crippen LogP contribution is 2.30. The SMILES string of the molecule is Cc1cc(OC(F)F)c(S(C)(=O)=O)cc1C(=O)N=C(N)N.Cc1cc(OC(F)F)c(S(C)(=O)=O)cc1C(=O)O. The van der Waals surface area contributed by atoms with Crippen molar-refractivity contribution >= 4 is 37.5 Å². The van der Waals surface area contributed by atoms with Gasteiger partial charge in [0.2, 0.25) is 0 Å². The maximum atomic E-state index is 12.3. The second kappa shape index (κ2) is 12.7. The van der Waals surface area contributed by atoms with Gasteiger partial charge in [-0.15, -0.1) is 0 Å². The number of hydrogen-bond acceptors (Lipinski definition) is 8. The molecule has 0 aromatic heterocycles. The first-order valence-corrected chi connectivity index (χ1v) is 13.9. The Morgan fingerprint density at radius 3 is 1.46 bits per heavy atom. The van der Waals surface area contributed by atoms with Crippen LogP contribution in [0.2, 0.25) is 0 Å². The van der Waals surface area contributed by atoms with Crippen LogP contribution in [0, 0.1) is 13.8 Å². The topological polar surface area (TPSA) is 206 Å². The number of amides is 1. The molecule has 216 valence electrons. The first kappa shape index (κ1) is 33.1. The third kappa shape index (κ3) is 9.71. The number of hydrogen-bond donors (Lipinski definition) is 3. The zero-order valence-corrected chi connectivity index (χ0v) is 22.2. The van der Waals surface area contributed by atoms with E-state index >= 15 is 0 Å². The van der Waals surface area contributed by atoms with Crippen molar-refractivity contribution in [1.29, 1.82) is 0 Å². The number of ether oxygens (including phenoxy) is 2. The van der Waals surface area contributed by atoms with E-state index in [1.165, 1.54) is 13.8 Å². The fraction of sp³-hybridized carbons (Fsp3) is 0.286. The summed E-state index contributed by atoms with van der Waals surface area (Å²) in [7, 11) is -7.78. The molecule has 0 bridgehead atoms. The molecule has 0 atom stereocenters. The van der Waals surface area contributed by atoms with E-state index in [1.807, 2.05) is 0 Å². The fourth-order valence-corrected chi connectivity index (χ4v) is 4.53. The van der Waals surface area contributed by atoms with Crippen molar-refractivity contribution in [3.05, 3.63) is 46.5 Å². The standard InChI is InChI=1S/C11H13F2N3O4S.C10H10F2O5S/c1-5-3-7(20-10(12)13)8(21(2,18)19)4-6(5)9(17)16-11(14)15;1-5-3-7(17-10(11)12)8(18(2,15)16)4-6(5)9(13)14/h3-4,10H,1-2H3,(H4,14,15,16,17);3-4,10H,1-2H3,(H,13,14). The van der Waals surface area contributed by atoms with Crippen molar-refractivity contribution in [3.63, 3.8) is 0 Å². The van der Waals surface area contributed by atoms with E-state index in [0.29, 0.717) is 0 Å². The van der Waals surface area contributed by atoms with E-state index in [9.17, 15) is 44.0 Å².